The smallest absolute Gasteiger partial charge is 0.426 e. The highest BCUT2D eigenvalue weighted by molar-refractivity contribution is 14.1. The number of benzene rings is 3. The van der Waals surface area contributed by atoms with Gasteiger partial charge in [0.2, 0.25) is 0 Å². The van der Waals surface area contributed by atoms with E-state index in [-0.39, 0.29) is 11.3 Å². The van der Waals surface area contributed by atoms with E-state index in [9.17, 15) is 8.78 Å². The summed E-state index contributed by atoms with van der Waals surface area (Å²) in [5.41, 5.74) is 7.68. The fourth-order valence-corrected chi connectivity index (χ4v) is 2.60. The van der Waals surface area contributed by atoms with E-state index in [4.69, 9.17) is 10.5 Å². The molecule has 3 rings (SSSR count). The van der Waals surface area contributed by atoms with Crippen molar-refractivity contribution in [2.45, 2.75) is 6.11 Å². The standard InChI is InChI=1S/C19H14F2INO/c20-19(21,24-18-11-9-17(23)10-12-18)15-5-1-13(2-6-15)14-3-7-16(22)8-4-14/h1-12H,23H2. The van der Waals surface area contributed by atoms with Gasteiger partial charge in [-0.25, -0.2) is 0 Å². The van der Waals surface area contributed by atoms with Crippen molar-refractivity contribution >= 4 is 28.3 Å². The molecular formula is C19H14F2INO. The van der Waals surface area contributed by atoms with Gasteiger partial charge >= 0.3 is 6.11 Å². The Morgan fingerprint density at radius 2 is 1.25 bits per heavy atom. The fourth-order valence-electron chi connectivity index (χ4n) is 2.24. The molecule has 0 spiro atoms. The zero-order chi connectivity index (χ0) is 17.2. The molecule has 0 radical (unpaired) electrons. The number of hydrogen-bond donors (Lipinski definition) is 1. The Balaban J connectivity index is 1.80. The van der Waals surface area contributed by atoms with Crippen molar-refractivity contribution in [3.63, 3.8) is 0 Å². The summed E-state index contributed by atoms with van der Waals surface area (Å²) >= 11 is 2.22. The van der Waals surface area contributed by atoms with Gasteiger partial charge in [-0.15, -0.1) is 0 Å². The van der Waals surface area contributed by atoms with Crippen LogP contribution in [0.4, 0.5) is 14.5 Å². The van der Waals surface area contributed by atoms with E-state index in [1.165, 1.54) is 36.4 Å². The van der Waals surface area contributed by atoms with E-state index in [1.807, 2.05) is 24.3 Å². The molecule has 0 fully saturated rings. The van der Waals surface area contributed by atoms with Gasteiger partial charge in [0.25, 0.3) is 0 Å². The second-order valence-electron chi connectivity index (χ2n) is 5.27. The van der Waals surface area contributed by atoms with Crippen molar-refractivity contribution < 1.29 is 13.5 Å². The molecule has 0 amide bonds. The summed E-state index contributed by atoms with van der Waals surface area (Å²) in [5.74, 6) is 0.0657. The van der Waals surface area contributed by atoms with Crippen LogP contribution in [-0.2, 0) is 6.11 Å². The first kappa shape index (κ1) is 16.7. The highest BCUT2D eigenvalue weighted by Crippen LogP contribution is 2.33. The maximum absolute atomic E-state index is 14.3. The zero-order valence-electron chi connectivity index (χ0n) is 12.5. The average Bonchev–Trinajstić information content (AvgIpc) is 2.58. The highest BCUT2D eigenvalue weighted by atomic mass is 127. The lowest BCUT2D eigenvalue weighted by atomic mass is 10.0. The van der Waals surface area contributed by atoms with Gasteiger partial charge in [0.15, 0.2) is 0 Å². The quantitative estimate of drug-likeness (QED) is 0.422. The monoisotopic (exact) mass is 437 g/mol. The van der Waals surface area contributed by atoms with Gasteiger partial charge in [-0.2, -0.15) is 8.78 Å². The third-order valence-electron chi connectivity index (χ3n) is 3.52. The summed E-state index contributed by atoms with van der Waals surface area (Å²) in [6.45, 7) is 0. The van der Waals surface area contributed by atoms with Crippen molar-refractivity contribution in [1.29, 1.82) is 0 Å². The molecule has 0 aliphatic rings. The molecule has 0 bridgehead atoms. The first-order valence-corrected chi connectivity index (χ1v) is 8.31. The minimum atomic E-state index is -3.42. The van der Waals surface area contributed by atoms with Crippen LogP contribution >= 0.6 is 22.6 Å². The van der Waals surface area contributed by atoms with Gasteiger partial charge in [0.1, 0.15) is 5.75 Å². The van der Waals surface area contributed by atoms with Crippen molar-refractivity contribution in [1.82, 2.24) is 0 Å². The number of hydrogen-bond acceptors (Lipinski definition) is 2. The van der Waals surface area contributed by atoms with Gasteiger partial charge in [-0.1, -0.05) is 24.3 Å². The highest BCUT2D eigenvalue weighted by Gasteiger charge is 2.34. The third-order valence-corrected chi connectivity index (χ3v) is 4.24. The number of nitrogens with two attached hydrogens (primary N) is 1. The Morgan fingerprint density at radius 1 is 0.750 bits per heavy atom. The van der Waals surface area contributed by atoms with Crippen molar-refractivity contribution in [2.75, 3.05) is 5.73 Å². The lowest BCUT2D eigenvalue weighted by Crippen LogP contribution is -2.21. The third kappa shape index (κ3) is 3.84. The number of anilines is 1. The number of halogens is 3. The summed E-state index contributed by atoms with van der Waals surface area (Å²) in [4.78, 5) is 0. The molecule has 24 heavy (non-hydrogen) atoms. The van der Waals surface area contributed by atoms with Crippen LogP contribution in [0.5, 0.6) is 5.75 Å². The van der Waals surface area contributed by atoms with Gasteiger partial charge in [-0.3, -0.25) is 0 Å². The summed E-state index contributed by atoms with van der Waals surface area (Å²) in [6.07, 6.45) is -3.42. The molecule has 3 aromatic carbocycles. The van der Waals surface area contributed by atoms with E-state index in [0.29, 0.717) is 5.69 Å². The maximum atomic E-state index is 14.3. The molecule has 2 N–H and O–H groups in total. The van der Waals surface area contributed by atoms with Crippen molar-refractivity contribution in [3.05, 3.63) is 81.9 Å². The number of rotatable bonds is 4. The van der Waals surface area contributed by atoms with Crippen LogP contribution < -0.4 is 10.5 Å². The topological polar surface area (TPSA) is 35.2 Å². The van der Waals surface area contributed by atoms with Gasteiger partial charge in [-0.05, 0) is 82.2 Å². The lowest BCUT2D eigenvalue weighted by Gasteiger charge is -2.18. The minimum absolute atomic E-state index is 0.0657. The van der Waals surface area contributed by atoms with Crippen LogP contribution in [-0.4, -0.2) is 0 Å². The van der Waals surface area contributed by atoms with Crippen molar-refractivity contribution in [2.24, 2.45) is 0 Å². The Labute approximate surface area is 152 Å². The Bertz CT molecular complexity index is 815. The normalized spacial score (nSPS) is 11.3. The van der Waals surface area contributed by atoms with Crippen LogP contribution in [0.15, 0.2) is 72.8 Å². The van der Waals surface area contributed by atoms with Crippen LogP contribution in [0.25, 0.3) is 11.1 Å². The van der Waals surface area contributed by atoms with E-state index < -0.39 is 6.11 Å². The molecule has 0 saturated carbocycles. The van der Waals surface area contributed by atoms with Crippen LogP contribution in [0, 0.1) is 3.57 Å². The van der Waals surface area contributed by atoms with E-state index >= 15 is 0 Å². The Kier molecular flexibility index (Phi) is 4.71. The SMILES string of the molecule is Nc1ccc(OC(F)(F)c2ccc(-c3ccc(I)cc3)cc2)cc1. The van der Waals surface area contributed by atoms with Crippen LogP contribution in [0.1, 0.15) is 5.56 Å². The van der Waals surface area contributed by atoms with Gasteiger partial charge in [0.05, 0.1) is 5.56 Å². The maximum Gasteiger partial charge on any atom is 0.426 e. The van der Waals surface area contributed by atoms with Crippen molar-refractivity contribution in [3.8, 4) is 16.9 Å². The Hall–Kier alpha value is -2.15. The number of ether oxygens (including phenoxy) is 1. The first-order valence-electron chi connectivity index (χ1n) is 7.23. The van der Waals surface area contributed by atoms with E-state index in [2.05, 4.69) is 22.6 Å². The molecule has 0 aliphatic heterocycles. The van der Waals surface area contributed by atoms with E-state index in [1.54, 1.807) is 12.1 Å². The second-order valence-corrected chi connectivity index (χ2v) is 6.52. The summed E-state index contributed by atoms with van der Waals surface area (Å²) in [7, 11) is 0. The lowest BCUT2D eigenvalue weighted by molar-refractivity contribution is -0.185. The molecule has 5 heteroatoms. The van der Waals surface area contributed by atoms with Gasteiger partial charge < -0.3 is 10.5 Å². The molecule has 122 valence electrons. The fraction of sp³-hybridized carbons (Fsp3) is 0.0526. The first-order chi connectivity index (χ1) is 11.4. The molecule has 0 atom stereocenters. The average molecular weight is 437 g/mol. The summed E-state index contributed by atoms with van der Waals surface area (Å²) < 4.78 is 34.5. The molecule has 2 nitrogen and oxygen atoms in total. The zero-order valence-corrected chi connectivity index (χ0v) is 14.7. The second kappa shape index (κ2) is 6.76. The molecule has 0 saturated heterocycles. The van der Waals surface area contributed by atoms with E-state index in [0.717, 1.165) is 14.7 Å². The molecule has 0 aromatic heterocycles. The Morgan fingerprint density at radius 3 is 1.79 bits per heavy atom. The van der Waals surface area contributed by atoms with Gasteiger partial charge in [0, 0.05) is 9.26 Å². The predicted octanol–water partition coefficient (Wildman–Crippen LogP) is 5.67. The molecular weight excluding hydrogens is 423 g/mol. The largest absolute Gasteiger partial charge is 0.429 e. The predicted molar refractivity (Wildman–Crippen MR) is 100.0 cm³/mol. The number of nitrogen functional groups attached to an aromatic ring is 1. The van der Waals surface area contributed by atoms with Crippen LogP contribution in [0.2, 0.25) is 0 Å². The van der Waals surface area contributed by atoms with Crippen LogP contribution in [0.3, 0.4) is 0 Å². The summed E-state index contributed by atoms with van der Waals surface area (Å²) in [6, 6.07) is 19.8. The molecule has 3 aromatic rings. The minimum Gasteiger partial charge on any atom is -0.429 e. The summed E-state index contributed by atoms with van der Waals surface area (Å²) in [5, 5.41) is 0. The molecule has 0 unspecified atom stereocenters. The number of alkyl halides is 2. The molecule has 0 heterocycles. The molecule has 0 aliphatic carbocycles.